The summed E-state index contributed by atoms with van der Waals surface area (Å²) in [5.41, 5.74) is -0.538. The summed E-state index contributed by atoms with van der Waals surface area (Å²) in [6.45, 7) is -0.811. The fraction of sp³-hybridized carbons (Fsp3) is 0.167. The van der Waals surface area contributed by atoms with Crippen LogP contribution in [0, 0.1) is 5.82 Å². The van der Waals surface area contributed by atoms with Crippen molar-refractivity contribution in [3.8, 4) is 5.75 Å². The smallest absolute Gasteiger partial charge is 0.331 e. The third-order valence-electron chi connectivity index (χ3n) is 3.17. The number of cyclic esters (lactones) is 1. The Balaban J connectivity index is 2.15. The summed E-state index contributed by atoms with van der Waals surface area (Å²) >= 11 is 0. The van der Waals surface area contributed by atoms with Gasteiger partial charge in [-0.25, -0.2) is 18.2 Å². The number of carbonyl (C=O) groups excluding carboxylic acids is 2. The Kier molecular flexibility index (Phi) is 3.06. The lowest BCUT2D eigenvalue weighted by atomic mass is 10.0. The first-order valence-electron chi connectivity index (χ1n) is 6.02. The number of anilines is 1. The molecular formula is C12H9FN2O6S. The SMILES string of the molecule is O=C1CN(c2c(O)ccc(C3=CC(=O)OC3)c2F)S(=O)(=O)N1. The van der Waals surface area contributed by atoms with Gasteiger partial charge >= 0.3 is 16.2 Å². The number of rotatable bonds is 2. The fourth-order valence-electron chi connectivity index (χ4n) is 2.22. The molecule has 116 valence electrons. The van der Waals surface area contributed by atoms with Gasteiger partial charge < -0.3 is 9.84 Å². The van der Waals surface area contributed by atoms with Crippen molar-refractivity contribution in [3.05, 3.63) is 29.6 Å². The minimum atomic E-state index is -4.27. The lowest BCUT2D eigenvalue weighted by molar-refractivity contribution is -0.134. The van der Waals surface area contributed by atoms with Gasteiger partial charge in [0.1, 0.15) is 24.6 Å². The van der Waals surface area contributed by atoms with Crippen LogP contribution in [0.4, 0.5) is 10.1 Å². The highest BCUT2D eigenvalue weighted by atomic mass is 32.2. The molecule has 22 heavy (non-hydrogen) atoms. The molecule has 2 heterocycles. The van der Waals surface area contributed by atoms with Crippen molar-refractivity contribution in [2.75, 3.05) is 17.5 Å². The third kappa shape index (κ3) is 2.17. The average molecular weight is 328 g/mol. The molecule has 10 heteroatoms. The number of hydrogen-bond acceptors (Lipinski definition) is 6. The standard InChI is InChI=1S/C12H9FN2O6S/c13-11-7(6-3-10(18)21-5-6)1-2-8(16)12(11)15-4-9(17)14-22(15,19)20/h1-3,16H,4-5H2,(H,14,17). The number of amides is 1. The number of carbonyl (C=O) groups is 2. The van der Waals surface area contributed by atoms with E-state index in [0.29, 0.717) is 4.31 Å². The van der Waals surface area contributed by atoms with Gasteiger partial charge in [0.2, 0.25) is 0 Å². The van der Waals surface area contributed by atoms with Crippen molar-refractivity contribution in [3.63, 3.8) is 0 Å². The van der Waals surface area contributed by atoms with Crippen LogP contribution in [-0.4, -0.2) is 38.6 Å². The number of aromatic hydroxyl groups is 1. The first kappa shape index (κ1) is 14.3. The maximum atomic E-state index is 14.6. The molecule has 0 unspecified atom stereocenters. The first-order valence-corrected chi connectivity index (χ1v) is 7.46. The molecule has 3 rings (SSSR count). The zero-order chi connectivity index (χ0) is 16.1. The predicted molar refractivity (Wildman–Crippen MR) is 71.4 cm³/mol. The second-order valence-corrected chi connectivity index (χ2v) is 6.20. The number of nitrogens with zero attached hydrogens (tertiary/aromatic N) is 1. The molecule has 1 saturated heterocycles. The molecule has 2 aliphatic rings. The first-order chi connectivity index (χ1) is 10.3. The van der Waals surface area contributed by atoms with Crippen LogP contribution in [0.3, 0.4) is 0 Å². The Morgan fingerprint density at radius 1 is 1.32 bits per heavy atom. The Hall–Kier alpha value is -2.62. The highest BCUT2D eigenvalue weighted by Gasteiger charge is 2.38. The number of phenolic OH excluding ortho intramolecular Hbond substituents is 1. The average Bonchev–Trinajstić information content (AvgIpc) is 2.93. The molecule has 0 bridgehead atoms. The number of halogens is 1. The van der Waals surface area contributed by atoms with Gasteiger partial charge in [-0.1, -0.05) is 0 Å². The van der Waals surface area contributed by atoms with Gasteiger partial charge in [0.05, 0.1) is 0 Å². The largest absolute Gasteiger partial charge is 0.506 e. The Bertz CT molecular complexity index is 832. The van der Waals surface area contributed by atoms with E-state index in [4.69, 9.17) is 0 Å². The quantitative estimate of drug-likeness (QED) is 0.718. The fourth-order valence-corrected chi connectivity index (χ4v) is 3.38. The van der Waals surface area contributed by atoms with E-state index >= 15 is 0 Å². The van der Waals surface area contributed by atoms with Crippen LogP contribution >= 0.6 is 0 Å². The van der Waals surface area contributed by atoms with E-state index in [-0.39, 0.29) is 17.7 Å². The molecule has 0 radical (unpaired) electrons. The summed E-state index contributed by atoms with van der Waals surface area (Å²) < 4.78 is 45.0. The van der Waals surface area contributed by atoms with Crippen LogP contribution < -0.4 is 9.03 Å². The van der Waals surface area contributed by atoms with Crippen LogP contribution in [0.1, 0.15) is 5.56 Å². The minimum Gasteiger partial charge on any atom is -0.506 e. The van der Waals surface area contributed by atoms with Crippen LogP contribution in [0.5, 0.6) is 5.75 Å². The normalized spacial score (nSPS) is 19.9. The van der Waals surface area contributed by atoms with Crippen LogP contribution in [0.15, 0.2) is 18.2 Å². The molecule has 1 aromatic carbocycles. The van der Waals surface area contributed by atoms with Crippen molar-refractivity contribution in [1.82, 2.24) is 4.72 Å². The Morgan fingerprint density at radius 3 is 2.59 bits per heavy atom. The maximum Gasteiger partial charge on any atom is 0.331 e. The number of phenols is 1. The van der Waals surface area contributed by atoms with Crippen LogP contribution in [0.2, 0.25) is 0 Å². The molecule has 0 atom stereocenters. The monoisotopic (exact) mass is 328 g/mol. The maximum absolute atomic E-state index is 14.6. The van der Waals surface area contributed by atoms with Crippen molar-refractivity contribution in [2.45, 2.75) is 0 Å². The zero-order valence-corrected chi connectivity index (χ0v) is 11.7. The van der Waals surface area contributed by atoms with E-state index in [1.165, 1.54) is 6.07 Å². The third-order valence-corrected chi connectivity index (χ3v) is 4.55. The highest BCUT2D eigenvalue weighted by molar-refractivity contribution is 7.92. The van der Waals surface area contributed by atoms with Crippen LogP contribution in [0.25, 0.3) is 5.57 Å². The Labute approximate surface area is 124 Å². The van der Waals surface area contributed by atoms with Crippen molar-refractivity contribution < 1.29 is 32.2 Å². The molecule has 0 saturated carbocycles. The van der Waals surface area contributed by atoms with Gasteiger partial charge in [-0.15, -0.1) is 0 Å². The molecule has 1 fully saturated rings. The number of esters is 1. The number of nitrogens with one attached hydrogen (secondary N) is 1. The lowest BCUT2D eigenvalue weighted by Crippen LogP contribution is -2.30. The van der Waals surface area contributed by atoms with Gasteiger partial charge in [-0.05, 0) is 12.1 Å². The number of hydrogen-bond donors (Lipinski definition) is 2. The Morgan fingerprint density at radius 2 is 2.05 bits per heavy atom. The molecule has 2 N–H and O–H groups in total. The molecule has 0 aliphatic carbocycles. The van der Waals surface area contributed by atoms with Gasteiger partial charge in [0.25, 0.3) is 5.91 Å². The van der Waals surface area contributed by atoms with Gasteiger partial charge in [-0.3, -0.25) is 4.79 Å². The summed E-state index contributed by atoms with van der Waals surface area (Å²) in [6, 6.07) is 2.27. The van der Waals surface area contributed by atoms with Gasteiger partial charge in [0, 0.05) is 17.2 Å². The van der Waals surface area contributed by atoms with Crippen molar-refractivity contribution in [2.24, 2.45) is 0 Å². The molecule has 1 amide bonds. The second-order valence-electron chi connectivity index (χ2n) is 4.61. The molecule has 8 nitrogen and oxygen atoms in total. The minimum absolute atomic E-state index is 0.0896. The summed E-state index contributed by atoms with van der Waals surface area (Å²) in [6.07, 6.45) is 1.07. The molecule has 2 aliphatic heterocycles. The predicted octanol–water partition coefficient (Wildman–Crippen LogP) is -0.348. The molecule has 0 aromatic heterocycles. The zero-order valence-electron chi connectivity index (χ0n) is 10.9. The molecular weight excluding hydrogens is 319 g/mol. The summed E-state index contributed by atoms with van der Waals surface area (Å²) in [7, 11) is -4.27. The lowest BCUT2D eigenvalue weighted by Gasteiger charge is -2.18. The molecule has 1 aromatic rings. The van der Waals surface area contributed by atoms with Gasteiger partial charge in [0.15, 0.2) is 5.82 Å². The molecule has 0 spiro atoms. The van der Waals surface area contributed by atoms with E-state index in [0.717, 1.165) is 12.1 Å². The summed E-state index contributed by atoms with van der Waals surface area (Å²) in [5, 5.41) is 9.79. The number of benzene rings is 1. The van der Waals surface area contributed by atoms with E-state index in [1.807, 2.05) is 0 Å². The summed E-state index contributed by atoms with van der Waals surface area (Å²) in [5.74, 6) is -3.20. The van der Waals surface area contributed by atoms with Gasteiger partial charge in [-0.2, -0.15) is 8.42 Å². The second kappa shape index (κ2) is 4.70. The topological polar surface area (TPSA) is 113 Å². The summed E-state index contributed by atoms with van der Waals surface area (Å²) in [4.78, 5) is 22.3. The van der Waals surface area contributed by atoms with E-state index in [1.54, 1.807) is 4.72 Å². The van der Waals surface area contributed by atoms with E-state index < -0.39 is 45.9 Å². The highest BCUT2D eigenvalue weighted by Crippen LogP contribution is 2.37. The van der Waals surface area contributed by atoms with E-state index in [9.17, 15) is 27.5 Å². The van der Waals surface area contributed by atoms with Crippen molar-refractivity contribution >= 4 is 33.3 Å². The number of ether oxygens (including phenoxy) is 1. The van der Waals surface area contributed by atoms with Crippen molar-refractivity contribution in [1.29, 1.82) is 0 Å². The van der Waals surface area contributed by atoms with E-state index in [2.05, 4.69) is 4.74 Å². The van der Waals surface area contributed by atoms with Crippen LogP contribution in [-0.2, 0) is 24.5 Å².